The monoisotopic (exact) mass is 376 g/mol. The first-order valence-corrected chi connectivity index (χ1v) is 10.7. The Morgan fingerprint density at radius 3 is 2.48 bits per heavy atom. The van der Waals surface area contributed by atoms with E-state index in [1.54, 1.807) is 0 Å². The van der Waals surface area contributed by atoms with E-state index >= 15 is 0 Å². The van der Waals surface area contributed by atoms with Crippen LogP contribution < -0.4 is 5.32 Å². The van der Waals surface area contributed by atoms with Crippen molar-refractivity contribution in [1.29, 1.82) is 0 Å². The molecular formula is C20H32N4O3. The number of hydrogen-bond donors (Lipinski definition) is 1. The Kier molecular flexibility index (Phi) is 5.14. The number of carbonyl (C=O) groups excluding carboxylic acids is 3. The number of likely N-dealkylation sites (tertiary alicyclic amines) is 2. The molecule has 4 rings (SSSR count). The average Bonchev–Trinajstić information content (AvgIpc) is 2.86. The molecule has 1 N–H and O–H groups in total. The molecule has 27 heavy (non-hydrogen) atoms. The minimum atomic E-state index is -0.721. The van der Waals surface area contributed by atoms with Crippen LogP contribution in [0.15, 0.2) is 0 Å². The SMILES string of the molecule is CCCN1CCC2(CC1)NC(=O)N(C1CCCN(C(=O)C3CCC3)C1)C2=O. The lowest BCUT2D eigenvalue weighted by atomic mass is 9.83. The van der Waals surface area contributed by atoms with Crippen molar-refractivity contribution >= 4 is 17.8 Å². The van der Waals surface area contributed by atoms with Gasteiger partial charge in [-0.3, -0.25) is 14.5 Å². The number of rotatable bonds is 4. The molecule has 4 amide bonds. The molecule has 3 saturated heterocycles. The van der Waals surface area contributed by atoms with Gasteiger partial charge in [0.1, 0.15) is 5.54 Å². The fourth-order valence-electron chi connectivity index (χ4n) is 5.07. The highest BCUT2D eigenvalue weighted by Gasteiger charge is 2.54. The van der Waals surface area contributed by atoms with Gasteiger partial charge >= 0.3 is 6.03 Å². The quantitative estimate of drug-likeness (QED) is 0.756. The van der Waals surface area contributed by atoms with Gasteiger partial charge in [-0.2, -0.15) is 0 Å². The molecule has 0 bridgehead atoms. The lowest BCUT2D eigenvalue weighted by Gasteiger charge is -2.40. The molecule has 1 spiro atoms. The number of imide groups is 1. The molecule has 0 aromatic carbocycles. The van der Waals surface area contributed by atoms with Crippen molar-refractivity contribution < 1.29 is 14.4 Å². The standard InChI is InChI=1S/C20H32N4O3/c1-2-10-22-12-8-20(9-13-22)18(26)24(19(27)21-20)16-7-4-11-23(14-16)17(25)15-5-3-6-15/h15-16H,2-14H2,1H3,(H,21,27). The van der Waals surface area contributed by atoms with E-state index < -0.39 is 5.54 Å². The summed E-state index contributed by atoms with van der Waals surface area (Å²) in [4.78, 5) is 44.3. The second-order valence-corrected chi connectivity index (χ2v) is 8.74. The Labute approximate surface area is 161 Å². The topological polar surface area (TPSA) is 73.0 Å². The molecule has 0 aromatic heterocycles. The maximum atomic E-state index is 13.3. The molecule has 4 aliphatic rings. The molecule has 0 radical (unpaired) electrons. The summed E-state index contributed by atoms with van der Waals surface area (Å²) in [7, 11) is 0. The molecule has 4 fully saturated rings. The molecule has 1 aliphatic carbocycles. The van der Waals surface area contributed by atoms with E-state index in [1.807, 2.05) is 4.90 Å². The van der Waals surface area contributed by atoms with Gasteiger partial charge in [-0.15, -0.1) is 0 Å². The van der Waals surface area contributed by atoms with Crippen LogP contribution in [-0.4, -0.2) is 76.8 Å². The Bertz CT molecular complexity index is 610. The summed E-state index contributed by atoms with van der Waals surface area (Å²) in [6.07, 6.45) is 7.24. The normalized spacial score (nSPS) is 29.1. The third kappa shape index (κ3) is 3.35. The van der Waals surface area contributed by atoms with E-state index in [0.717, 1.165) is 64.7 Å². The number of urea groups is 1. The first-order chi connectivity index (χ1) is 13.0. The van der Waals surface area contributed by atoms with Gasteiger partial charge in [0.25, 0.3) is 5.91 Å². The lowest BCUT2D eigenvalue weighted by Crippen LogP contribution is -2.56. The van der Waals surface area contributed by atoms with Crippen molar-refractivity contribution in [1.82, 2.24) is 20.0 Å². The molecular weight excluding hydrogens is 344 g/mol. The highest BCUT2D eigenvalue weighted by atomic mass is 16.2. The fraction of sp³-hybridized carbons (Fsp3) is 0.850. The molecule has 150 valence electrons. The number of nitrogens with zero attached hydrogens (tertiary/aromatic N) is 3. The largest absolute Gasteiger partial charge is 0.340 e. The van der Waals surface area contributed by atoms with Gasteiger partial charge in [0.2, 0.25) is 5.91 Å². The second-order valence-electron chi connectivity index (χ2n) is 8.74. The smallest absolute Gasteiger partial charge is 0.325 e. The zero-order valence-corrected chi connectivity index (χ0v) is 16.4. The second kappa shape index (κ2) is 7.41. The Balaban J connectivity index is 1.42. The van der Waals surface area contributed by atoms with Gasteiger partial charge in [0.05, 0.1) is 6.04 Å². The van der Waals surface area contributed by atoms with Crippen LogP contribution in [0, 0.1) is 5.92 Å². The lowest BCUT2D eigenvalue weighted by molar-refractivity contribution is -0.143. The molecule has 0 aromatic rings. The maximum Gasteiger partial charge on any atom is 0.325 e. The Hall–Kier alpha value is -1.63. The van der Waals surface area contributed by atoms with Crippen LogP contribution in [0.4, 0.5) is 4.79 Å². The van der Waals surface area contributed by atoms with E-state index in [-0.39, 0.29) is 29.8 Å². The number of carbonyl (C=O) groups is 3. The predicted octanol–water partition coefficient (Wildman–Crippen LogP) is 1.57. The van der Waals surface area contributed by atoms with Gasteiger partial charge in [0.15, 0.2) is 0 Å². The summed E-state index contributed by atoms with van der Waals surface area (Å²) >= 11 is 0. The van der Waals surface area contributed by atoms with Crippen molar-refractivity contribution in [3.8, 4) is 0 Å². The fourth-order valence-corrected chi connectivity index (χ4v) is 5.07. The molecule has 1 unspecified atom stereocenters. The van der Waals surface area contributed by atoms with Crippen LogP contribution in [0.2, 0.25) is 0 Å². The molecule has 1 saturated carbocycles. The van der Waals surface area contributed by atoms with Crippen LogP contribution >= 0.6 is 0 Å². The third-order valence-corrected chi connectivity index (χ3v) is 6.97. The van der Waals surface area contributed by atoms with Gasteiger partial charge in [-0.25, -0.2) is 4.79 Å². The van der Waals surface area contributed by atoms with Gasteiger partial charge in [-0.1, -0.05) is 13.3 Å². The summed E-state index contributed by atoms with van der Waals surface area (Å²) in [6.45, 7) is 6.17. The van der Waals surface area contributed by atoms with E-state index in [4.69, 9.17) is 0 Å². The molecule has 3 heterocycles. The number of hydrogen-bond acceptors (Lipinski definition) is 4. The molecule has 7 heteroatoms. The Morgan fingerprint density at radius 2 is 1.85 bits per heavy atom. The van der Waals surface area contributed by atoms with Crippen molar-refractivity contribution in [2.75, 3.05) is 32.7 Å². The van der Waals surface area contributed by atoms with Gasteiger partial charge in [0, 0.05) is 32.1 Å². The molecule has 7 nitrogen and oxygen atoms in total. The van der Waals surface area contributed by atoms with Crippen molar-refractivity contribution in [3.05, 3.63) is 0 Å². The van der Waals surface area contributed by atoms with E-state index in [1.165, 1.54) is 4.90 Å². The van der Waals surface area contributed by atoms with Gasteiger partial charge < -0.3 is 15.1 Å². The minimum absolute atomic E-state index is 0.0633. The summed E-state index contributed by atoms with van der Waals surface area (Å²) in [5.74, 6) is 0.327. The first kappa shape index (κ1) is 18.7. The zero-order chi connectivity index (χ0) is 19.0. The maximum absolute atomic E-state index is 13.3. The highest BCUT2D eigenvalue weighted by Crippen LogP contribution is 2.34. The number of piperidine rings is 2. The number of nitrogens with one attached hydrogen (secondary N) is 1. The number of amides is 4. The van der Waals surface area contributed by atoms with E-state index in [2.05, 4.69) is 17.1 Å². The average molecular weight is 377 g/mol. The predicted molar refractivity (Wildman–Crippen MR) is 101 cm³/mol. The van der Waals surface area contributed by atoms with Crippen LogP contribution in [-0.2, 0) is 9.59 Å². The van der Waals surface area contributed by atoms with E-state index in [9.17, 15) is 14.4 Å². The summed E-state index contributed by atoms with van der Waals surface area (Å²) < 4.78 is 0. The summed E-state index contributed by atoms with van der Waals surface area (Å²) in [5, 5.41) is 3.03. The van der Waals surface area contributed by atoms with E-state index in [0.29, 0.717) is 19.4 Å². The van der Waals surface area contributed by atoms with Crippen LogP contribution in [0.1, 0.15) is 58.3 Å². The third-order valence-electron chi connectivity index (χ3n) is 6.97. The van der Waals surface area contributed by atoms with Crippen LogP contribution in [0.3, 0.4) is 0 Å². The van der Waals surface area contributed by atoms with Crippen molar-refractivity contribution in [2.24, 2.45) is 5.92 Å². The van der Waals surface area contributed by atoms with Crippen molar-refractivity contribution in [3.63, 3.8) is 0 Å². The Morgan fingerprint density at radius 1 is 1.11 bits per heavy atom. The summed E-state index contributed by atoms with van der Waals surface area (Å²) in [5.41, 5.74) is -0.721. The molecule has 3 aliphatic heterocycles. The minimum Gasteiger partial charge on any atom is -0.340 e. The zero-order valence-electron chi connectivity index (χ0n) is 16.4. The van der Waals surface area contributed by atoms with Crippen LogP contribution in [0.25, 0.3) is 0 Å². The van der Waals surface area contributed by atoms with Crippen LogP contribution in [0.5, 0.6) is 0 Å². The molecule has 1 atom stereocenters. The summed E-state index contributed by atoms with van der Waals surface area (Å²) in [6, 6.07) is -0.435. The van der Waals surface area contributed by atoms with Crippen molar-refractivity contribution in [2.45, 2.75) is 69.9 Å². The first-order valence-electron chi connectivity index (χ1n) is 10.7. The highest BCUT2D eigenvalue weighted by molar-refractivity contribution is 6.07. The van der Waals surface area contributed by atoms with Gasteiger partial charge in [-0.05, 0) is 51.5 Å².